The number of hydrogen-bond acceptors (Lipinski definition) is 6. The summed E-state index contributed by atoms with van der Waals surface area (Å²) in [4.78, 5) is 36.9. The number of hydrogen-bond donors (Lipinski definition) is 0. The van der Waals surface area contributed by atoms with E-state index in [9.17, 15) is 14.4 Å². The van der Waals surface area contributed by atoms with Crippen molar-refractivity contribution in [2.45, 2.75) is 85.4 Å². The quantitative estimate of drug-likeness (QED) is 0.523. The second-order valence-corrected chi connectivity index (χ2v) is 8.91. The molecule has 6 nitrogen and oxygen atoms in total. The van der Waals surface area contributed by atoms with Gasteiger partial charge in [0.05, 0.1) is 12.5 Å². The third-order valence-corrected chi connectivity index (χ3v) is 8.06. The second-order valence-electron chi connectivity index (χ2n) is 8.91. The fourth-order valence-corrected chi connectivity index (χ4v) is 6.97. The van der Waals surface area contributed by atoms with Gasteiger partial charge in [-0.25, -0.2) is 0 Å². The minimum atomic E-state index is -0.641. The van der Waals surface area contributed by atoms with E-state index >= 15 is 0 Å². The van der Waals surface area contributed by atoms with E-state index in [1.54, 1.807) is 0 Å². The van der Waals surface area contributed by atoms with Crippen LogP contribution in [0.3, 0.4) is 0 Å². The summed E-state index contributed by atoms with van der Waals surface area (Å²) in [6.07, 6.45) is 4.50. The fourth-order valence-electron chi connectivity index (χ4n) is 6.97. The molecule has 1 saturated heterocycles. The van der Waals surface area contributed by atoms with Crippen molar-refractivity contribution in [3.8, 4) is 0 Å². The van der Waals surface area contributed by atoms with Crippen molar-refractivity contribution < 1.29 is 28.6 Å². The van der Waals surface area contributed by atoms with E-state index in [0.29, 0.717) is 0 Å². The van der Waals surface area contributed by atoms with Crippen molar-refractivity contribution in [3.05, 3.63) is 0 Å². The number of ether oxygens (including phenoxy) is 3. The molecule has 0 aromatic heterocycles. The van der Waals surface area contributed by atoms with Gasteiger partial charge >= 0.3 is 17.9 Å². The highest BCUT2D eigenvalue weighted by molar-refractivity contribution is 5.77. The normalized spacial score (nSPS) is 38.8. The zero-order valence-electron chi connectivity index (χ0n) is 17.8. The summed E-state index contributed by atoms with van der Waals surface area (Å²) in [7, 11) is 0. The predicted octanol–water partition coefficient (Wildman–Crippen LogP) is 3.66. The lowest BCUT2D eigenvalue weighted by Gasteiger charge is -2.63. The summed E-state index contributed by atoms with van der Waals surface area (Å²) in [5, 5.41) is 0. The maximum atomic E-state index is 12.9. The van der Waals surface area contributed by atoms with Crippen molar-refractivity contribution >= 4 is 17.9 Å². The molecule has 2 aliphatic carbocycles. The molecule has 0 aromatic rings. The van der Waals surface area contributed by atoms with Crippen molar-refractivity contribution in [1.29, 1.82) is 0 Å². The lowest BCUT2D eigenvalue weighted by molar-refractivity contribution is -0.235. The third kappa shape index (κ3) is 3.03. The average Bonchev–Trinajstić information content (AvgIpc) is 3.05. The maximum Gasteiger partial charge on any atom is 0.310 e. The van der Waals surface area contributed by atoms with Crippen LogP contribution < -0.4 is 0 Å². The molecule has 2 saturated carbocycles. The molecule has 0 bridgehead atoms. The van der Waals surface area contributed by atoms with E-state index in [-0.39, 0.29) is 47.1 Å². The van der Waals surface area contributed by atoms with E-state index in [2.05, 4.69) is 20.8 Å². The molecule has 28 heavy (non-hydrogen) atoms. The summed E-state index contributed by atoms with van der Waals surface area (Å²) < 4.78 is 17.2. The van der Waals surface area contributed by atoms with Crippen molar-refractivity contribution in [2.24, 2.45) is 28.6 Å². The number of carbonyl (C=O) groups excluding carboxylic acids is 3. The Balaban J connectivity index is 2.21. The molecule has 0 radical (unpaired) electrons. The highest BCUT2D eigenvalue weighted by Gasteiger charge is 2.70. The van der Waals surface area contributed by atoms with Crippen molar-refractivity contribution in [2.75, 3.05) is 6.61 Å². The van der Waals surface area contributed by atoms with E-state index in [4.69, 9.17) is 14.2 Å². The fraction of sp³-hybridized carbons (Fsp3) is 0.864. The van der Waals surface area contributed by atoms with Crippen LogP contribution in [0.2, 0.25) is 0 Å². The number of fused-ring (bicyclic) bond motifs is 3. The Bertz CT molecular complexity index is 639. The van der Waals surface area contributed by atoms with E-state index < -0.39 is 18.2 Å². The molecule has 3 fully saturated rings. The molecular formula is C22H34O6. The zero-order chi connectivity index (χ0) is 20.7. The first-order valence-electron chi connectivity index (χ1n) is 10.8. The van der Waals surface area contributed by atoms with Crippen molar-refractivity contribution in [1.82, 2.24) is 0 Å². The minimum Gasteiger partial charge on any atom is -0.465 e. The molecular weight excluding hydrogens is 360 g/mol. The monoisotopic (exact) mass is 394 g/mol. The Morgan fingerprint density at radius 3 is 2.14 bits per heavy atom. The van der Waals surface area contributed by atoms with Crippen LogP contribution in [-0.4, -0.2) is 36.7 Å². The van der Waals surface area contributed by atoms with Crippen LogP contribution in [0.5, 0.6) is 0 Å². The summed E-state index contributed by atoms with van der Waals surface area (Å²) in [6, 6.07) is 0. The Morgan fingerprint density at radius 1 is 1.00 bits per heavy atom. The highest BCUT2D eigenvalue weighted by atomic mass is 16.6. The summed E-state index contributed by atoms with van der Waals surface area (Å²) >= 11 is 0. The van der Waals surface area contributed by atoms with Crippen LogP contribution in [0, 0.1) is 28.6 Å². The van der Waals surface area contributed by atoms with E-state index in [0.717, 1.165) is 38.5 Å². The molecule has 158 valence electrons. The van der Waals surface area contributed by atoms with Gasteiger partial charge in [-0.05, 0) is 30.1 Å². The van der Waals surface area contributed by atoms with Gasteiger partial charge in [0.25, 0.3) is 0 Å². The van der Waals surface area contributed by atoms with E-state index in [1.807, 2.05) is 0 Å². The first kappa shape index (κ1) is 21.1. The van der Waals surface area contributed by atoms with Crippen LogP contribution in [0.15, 0.2) is 0 Å². The van der Waals surface area contributed by atoms with Gasteiger partial charge in [0.1, 0.15) is 12.2 Å². The molecule has 1 aliphatic heterocycles. The number of rotatable bonds is 5. The lowest BCUT2D eigenvalue weighted by Crippen LogP contribution is -2.66. The van der Waals surface area contributed by atoms with Crippen molar-refractivity contribution in [3.63, 3.8) is 0 Å². The van der Waals surface area contributed by atoms with Gasteiger partial charge in [0, 0.05) is 25.7 Å². The van der Waals surface area contributed by atoms with Gasteiger partial charge in [-0.15, -0.1) is 0 Å². The molecule has 6 atom stereocenters. The number of cyclic esters (lactones) is 1. The molecule has 0 aromatic carbocycles. The summed E-state index contributed by atoms with van der Waals surface area (Å²) in [6.45, 7) is 9.49. The average molecular weight is 395 g/mol. The molecule has 1 heterocycles. The van der Waals surface area contributed by atoms with E-state index in [1.165, 1.54) is 13.8 Å². The zero-order valence-corrected chi connectivity index (χ0v) is 17.8. The summed E-state index contributed by atoms with van der Waals surface area (Å²) in [5.41, 5.74) is -0.347. The van der Waals surface area contributed by atoms with Gasteiger partial charge in [-0.2, -0.15) is 0 Å². The molecule has 6 heteroatoms. The maximum absolute atomic E-state index is 12.9. The molecule has 3 aliphatic rings. The molecule has 0 amide bonds. The highest BCUT2D eigenvalue weighted by Crippen LogP contribution is 2.66. The van der Waals surface area contributed by atoms with Gasteiger partial charge in [-0.3, -0.25) is 14.4 Å². The molecule has 6 unspecified atom stereocenters. The largest absolute Gasteiger partial charge is 0.465 e. The van der Waals surface area contributed by atoms with Gasteiger partial charge < -0.3 is 14.2 Å². The Kier molecular flexibility index (Phi) is 5.79. The Hall–Kier alpha value is -1.59. The summed E-state index contributed by atoms with van der Waals surface area (Å²) in [5.74, 6) is -1.58. The first-order valence-corrected chi connectivity index (χ1v) is 10.8. The third-order valence-electron chi connectivity index (χ3n) is 8.06. The minimum absolute atomic E-state index is 0.0334. The smallest absolute Gasteiger partial charge is 0.310 e. The number of esters is 3. The number of carbonyl (C=O) groups is 3. The lowest BCUT2D eigenvalue weighted by atomic mass is 9.42. The SMILES string of the molecule is CCC1(CC)CCCC2(CC)C3C(=O)OCC3C(OC(C)=O)C(OC(C)=O)C12. The van der Waals surface area contributed by atoms with Crippen LogP contribution in [-0.2, 0) is 28.6 Å². The Labute approximate surface area is 167 Å². The van der Waals surface area contributed by atoms with Gasteiger partial charge in [0.2, 0.25) is 0 Å². The molecule has 0 N–H and O–H groups in total. The van der Waals surface area contributed by atoms with Crippen LogP contribution >= 0.6 is 0 Å². The topological polar surface area (TPSA) is 78.9 Å². The molecule has 0 spiro atoms. The van der Waals surface area contributed by atoms with Gasteiger partial charge in [0.15, 0.2) is 0 Å². The van der Waals surface area contributed by atoms with Crippen LogP contribution in [0.1, 0.15) is 73.1 Å². The second kappa shape index (κ2) is 7.68. The Morgan fingerprint density at radius 2 is 1.61 bits per heavy atom. The first-order chi connectivity index (χ1) is 13.3. The van der Waals surface area contributed by atoms with Gasteiger partial charge in [-0.1, -0.05) is 40.0 Å². The predicted molar refractivity (Wildman–Crippen MR) is 102 cm³/mol. The van der Waals surface area contributed by atoms with Crippen LogP contribution in [0.25, 0.3) is 0 Å². The van der Waals surface area contributed by atoms with Crippen LogP contribution in [0.4, 0.5) is 0 Å². The molecule has 3 rings (SSSR count). The standard InChI is InChI=1S/C22H34O6/c1-6-21(7-2)10-9-11-22(8-3)16-15(12-26-20(16)25)17(27-13(4)23)18(19(21)22)28-14(5)24/h15-19H,6-12H2,1-5H3.